The summed E-state index contributed by atoms with van der Waals surface area (Å²) in [5.41, 5.74) is 2.80. The molecular formula is C17H14ClNO3. The summed E-state index contributed by atoms with van der Waals surface area (Å²) in [5.74, 6) is -0.199. The van der Waals surface area contributed by atoms with Crippen LogP contribution in [0, 0.1) is 6.92 Å². The van der Waals surface area contributed by atoms with E-state index in [4.69, 9.17) is 16.3 Å². The third kappa shape index (κ3) is 2.70. The Morgan fingerprint density at radius 3 is 2.68 bits per heavy atom. The van der Waals surface area contributed by atoms with Gasteiger partial charge >= 0.3 is 6.09 Å². The minimum absolute atomic E-state index is 0.183. The van der Waals surface area contributed by atoms with E-state index in [9.17, 15) is 9.59 Å². The summed E-state index contributed by atoms with van der Waals surface area (Å²) >= 11 is 6.22. The Kier molecular flexibility index (Phi) is 3.86. The smallest absolute Gasteiger partial charge is 0.412 e. The van der Waals surface area contributed by atoms with Gasteiger partial charge in [0.2, 0.25) is 0 Å². The van der Waals surface area contributed by atoms with Gasteiger partial charge in [0.15, 0.2) is 11.9 Å². The Bertz CT molecular complexity index is 743. The van der Waals surface area contributed by atoms with Crippen LogP contribution in [0.1, 0.15) is 22.8 Å². The van der Waals surface area contributed by atoms with Gasteiger partial charge in [-0.3, -0.25) is 10.1 Å². The highest BCUT2D eigenvalue weighted by Crippen LogP contribution is 2.39. The Balaban J connectivity index is 1.97. The van der Waals surface area contributed by atoms with Gasteiger partial charge in [-0.25, -0.2) is 4.79 Å². The van der Waals surface area contributed by atoms with E-state index in [0.717, 1.165) is 11.1 Å². The number of hydrogen-bond donors (Lipinski definition) is 1. The first kappa shape index (κ1) is 14.6. The fourth-order valence-electron chi connectivity index (χ4n) is 2.54. The molecule has 0 aliphatic carbocycles. The zero-order valence-electron chi connectivity index (χ0n) is 11.9. The highest BCUT2D eigenvalue weighted by atomic mass is 35.5. The largest absolute Gasteiger partial charge is 0.433 e. The number of fused-ring (bicyclic) bond motifs is 1. The molecule has 1 amide bonds. The highest BCUT2D eigenvalue weighted by molar-refractivity contribution is 6.32. The van der Waals surface area contributed by atoms with E-state index in [2.05, 4.69) is 5.32 Å². The Morgan fingerprint density at radius 1 is 1.23 bits per heavy atom. The zero-order chi connectivity index (χ0) is 15.7. The van der Waals surface area contributed by atoms with Crippen LogP contribution in [0.3, 0.4) is 0 Å². The van der Waals surface area contributed by atoms with Gasteiger partial charge in [-0.15, -0.1) is 0 Å². The number of nitrogens with one attached hydrogen (secondary N) is 1. The molecule has 4 nitrogen and oxygen atoms in total. The standard InChI is InChI=1S/C17H14ClNO3/c1-10-7-8-12(18)14-15(10)19-17(21)22-16(14)13(20)9-11-5-3-2-4-6-11/h2-8,16H,9H2,1H3,(H,19,21). The predicted octanol–water partition coefficient (Wildman–Crippen LogP) is 4.06. The Morgan fingerprint density at radius 2 is 1.95 bits per heavy atom. The van der Waals surface area contributed by atoms with Crippen molar-refractivity contribution in [3.8, 4) is 0 Å². The lowest BCUT2D eigenvalue weighted by molar-refractivity contribution is -0.126. The molecule has 3 rings (SSSR count). The number of anilines is 1. The molecule has 1 aliphatic heterocycles. The average molecular weight is 316 g/mol. The average Bonchev–Trinajstić information content (AvgIpc) is 2.51. The molecule has 0 saturated carbocycles. The molecule has 2 aromatic rings. The number of hydrogen-bond acceptors (Lipinski definition) is 3. The van der Waals surface area contributed by atoms with Crippen LogP contribution in [0.5, 0.6) is 0 Å². The lowest BCUT2D eigenvalue weighted by Crippen LogP contribution is -2.30. The van der Waals surface area contributed by atoms with Crippen LogP contribution >= 0.6 is 11.6 Å². The molecule has 2 aromatic carbocycles. The molecule has 0 saturated heterocycles. The minimum atomic E-state index is -0.976. The van der Waals surface area contributed by atoms with Gasteiger partial charge in [0, 0.05) is 12.0 Å². The number of benzene rings is 2. The maximum atomic E-state index is 12.6. The molecule has 0 fully saturated rings. The summed E-state index contributed by atoms with van der Waals surface area (Å²) in [6, 6.07) is 12.8. The summed E-state index contributed by atoms with van der Waals surface area (Å²) in [7, 11) is 0. The van der Waals surface area contributed by atoms with Gasteiger partial charge < -0.3 is 4.74 Å². The van der Waals surface area contributed by atoms with Crippen LogP contribution in [0.15, 0.2) is 42.5 Å². The van der Waals surface area contributed by atoms with Gasteiger partial charge in [-0.1, -0.05) is 48.0 Å². The van der Waals surface area contributed by atoms with Crippen molar-refractivity contribution in [2.24, 2.45) is 0 Å². The number of carbonyl (C=O) groups is 2. The number of cyclic esters (lactones) is 1. The van der Waals surface area contributed by atoms with Gasteiger partial charge in [0.1, 0.15) is 0 Å². The molecule has 1 N–H and O–H groups in total. The third-order valence-electron chi connectivity index (χ3n) is 3.63. The summed E-state index contributed by atoms with van der Waals surface area (Å²) in [6.07, 6.45) is -1.43. The second-order valence-electron chi connectivity index (χ2n) is 5.19. The summed E-state index contributed by atoms with van der Waals surface area (Å²) in [5, 5.41) is 3.03. The van der Waals surface area contributed by atoms with E-state index >= 15 is 0 Å². The summed E-state index contributed by atoms with van der Waals surface area (Å²) in [4.78, 5) is 24.3. The summed E-state index contributed by atoms with van der Waals surface area (Å²) in [6.45, 7) is 1.85. The quantitative estimate of drug-likeness (QED) is 0.929. The second kappa shape index (κ2) is 5.81. The van der Waals surface area contributed by atoms with Crippen molar-refractivity contribution >= 4 is 29.2 Å². The predicted molar refractivity (Wildman–Crippen MR) is 84.2 cm³/mol. The van der Waals surface area contributed by atoms with Crippen molar-refractivity contribution < 1.29 is 14.3 Å². The molecule has 0 spiro atoms. The fourth-order valence-corrected chi connectivity index (χ4v) is 2.80. The topological polar surface area (TPSA) is 55.4 Å². The first-order valence-corrected chi connectivity index (χ1v) is 7.27. The van der Waals surface area contributed by atoms with Crippen LogP contribution in [-0.2, 0) is 16.0 Å². The van der Waals surface area contributed by atoms with Crippen LogP contribution in [0.4, 0.5) is 10.5 Å². The minimum Gasteiger partial charge on any atom is -0.433 e. The lowest BCUT2D eigenvalue weighted by Gasteiger charge is -2.27. The van der Waals surface area contributed by atoms with Crippen LogP contribution < -0.4 is 5.32 Å². The first-order chi connectivity index (χ1) is 10.6. The van der Waals surface area contributed by atoms with Gasteiger partial charge in [0.05, 0.1) is 10.7 Å². The van der Waals surface area contributed by atoms with Gasteiger partial charge in [-0.05, 0) is 24.1 Å². The normalized spacial score (nSPS) is 16.5. The second-order valence-corrected chi connectivity index (χ2v) is 5.60. The molecule has 22 heavy (non-hydrogen) atoms. The van der Waals surface area contributed by atoms with Crippen molar-refractivity contribution in [3.63, 3.8) is 0 Å². The van der Waals surface area contributed by atoms with Crippen molar-refractivity contribution in [2.45, 2.75) is 19.4 Å². The van der Waals surface area contributed by atoms with E-state index in [1.54, 1.807) is 12.1 Å². The third-order valence-corrected chi connectivity index (χ3v) is 3.96. The number of carbonyl (C=O) groups excluding carboxylic acids is 2. The first-order valence-electron chi connectivity index (χ1n) is 6.89. The van der Waals surface area contributed by atoms with E-state index in [-0.39, 0.29) is 12.2 Å². The molecule has 0 bridgehead atoms. The molecule has 1 unspecified atom stereocenters. The van der Waals surface area contributed by atoms with E-state index in [0.29, 0.717) is 16.3 Å². The molecule has 112 valence electrons. The zero-order valence-corrected chi connectivity index (χ0v) is 12.7. The maximum Gasteiger partial charge on any atom is 0.412 e. The Labute approximate surface area is 133 Å². The van der Waals surface area contributed by atoms with Crippen LogP contribution in [-0.4, -0.2) is 11.9 Å². The maximum absolute atomic E-state index is 12.6. The summed E-state index contributed by atoms with van der Waals surface area (Å²) < 4.78 is 5.20. The number of ether oxygens (including phenoxy) is 1. The molecule has 1 atom stereocenters. The molecular weight excluding hydrogens is 302 g/mol. The number of halogens is 1. The van der Waals surface area contributed by atoms with E-state index in [1.165, 1.54) is 0 Å². The number of ketones is 1. The fraction of sp³-hybridized carbons (Fsp3) is 0.176. The number of aryl methyl sites for hydroxylation is 1. The highest BCUT2D eigenvalue weighted by Gasteiger charge is 2.34. The van der Waals surface area contributed by atoms with Crippen LogP contribution in [0.25, 0.3) is 0 Å². The van der Waals surface area contributed by atoms with Gasteiger partial charge in [-0.2, -0.15) is 0 Å². The number of rotatable bonds is 3. The molecule has 1 heterocycles. The Hall–Kier alpha value is -2.33. The lowest BCUT2D eigenvalue weighted by atomic mass is 9.95. The SMILES string of the molecule is Cc1ccc(Cl)c2c1NC(=O)OC2C(=O)Cc1ccccc1. The van der Waals surface area contributed by atoms with E-state index < -0.39 is 12.2 Å². The molecule has 0 radical (unpaired) electrons. The molecule has 1 aliphatic rings. The van der Waals surface area contributed by atoms with Gasteiger partial charge in [0.25, 0.3) is 0 Å². The number of amides is 1. The van der Waals surface area contributed by atoms with Crippen molar-refractivity contribution in [3.05, 3.63) is 64.2 Å². The molecule has 0 aromatic heterocycles. The monoisotopic (exact) mass is 315 g/mol. The number of Topliss-reactive ketones (excluding diaryl/α,β-unsaturated/α-hetero) is 1. The van der Waals surface area contributed by atoms with Crippen molar-refractivity contribution in [1.82, 2.24) is 0 Å². The van der Waals surface area contributed by atoms with E-state index in [1.807, 2.05) is 37.3 Å². The van der Waals surface area contributed by atoms with Crippen molar-refractivity contribution in [2.75, 3.05) is 5.32 Å². The van der Waals surface area contributed by atoms with Crippen LogP contribution in [0.2, 0.25) is 5.02 Å². The molecule has 5 heteroatoms. The van der Waals surface area contributed by atoms with Crippen molar-refractivity contribution in [1.29, 1.82) is 0 Å².